The summed E-state index contributed by atoms with van der Waals surface area (Å²) in [6.45, 7) is 7.66. The fraction of sp³-hybridized carbons (Fsp3) is 0.667. The van der Waals surface area contributed by atoms with Gasteiger partial charge in [0, 0.05) is 20.9 Å². The monoisotopic (exact) mass is 358 g/mol. The molecule has 0 aliphatic rings. The summed E-state index contributed by atoms with van der Waals surface area (Å²) in [6.07, 6.45) is 1.83. The van der Waals surface area contributed by atoms with Crippen molar-refractivity contribution in [3.8, 4) is 0 Å². The lowest BCUT2D eigenvalue weighted by Crippen LogP contribution is -2.22. The van der Waals surface area contributed by atoms with Crippen molar-refractivity contribution < 1.29 is 4.74 Å². The molecule has 6 heteroatoms. The molecule has 0 radical (unpaired) electrons. The summed E-state index contributed by atoms with van der Waals surface area (Å²) in [6, 6.07) is 3.02. The van der Waals surface area contributed by atoms with Crippen LogP contribution in [0.25, 0.3) is 0 Å². The molecule has 1 unspecified atom stereocenters. The average molecular weight is 359 g/mol. The molecule has 0 aliphatic carbocycles. The second-order valence-electron chi connectivity index (χ2n) is 4.59. The SMILES string of the molecule is C[Si](C)(C)CCOC(Cl)n1ccc(I)n1. The molecule has 1 rings (SSSR count). The van der Waals surface area contributed by atoms with E-state index in [2.05, 4.69) is 47.3 Å². The second-order valence-corrected chi connectivity index (χ2v) is 11.7. The van der Waals surface area contributed by atoms with E-state index in [1.165, 1.54) is 0 Å². The molecule has 1 atom stereocenters. The van der Waals surface area contributed by atoms with Crippen LogP contribution < -0.4 is 0 Å². The van der Waals surface area contributed by atoms with Crippen molar-refractivity contribution in [2.75, 3.05) is 6.61 Å². The Hall–Kier alpha value is 0.407. The van der Waals surface area contributed by atoms with E-state index in [-0.39, 0.29) is 0 Å². The van der Waals surface area contributed by atoms with Gasteiger partial charge in [0.05, 0.1) is 0 Å². The first kappa shape index (κ1) is 13.5. The molecule has 3 nitrogen and oxygen atoms in total. The summed E-state index contributed by atoms with van der Waals surface area (Å²) >= 11 is 8.18. The summed E-state index contributed by atoms with van der Waals surface area (Å²) in [7, 11) is -1.03. The highest BCUT2D eigenvalue weighted by Gasteiger charge is 2.14. The van der Waals surface area contributed by atoms with Gasteiger partial charge in [-0.2, -0.15) is 5.10 Å². The predicted octanol–water partition coefficient (Wildman–Crippen LogP) is 3.54. The first-order valence-corrected chi connectivity index (χ1v) is 10.1. The summed E-state index contributed by atoms with van der Waals surface area (Å²) in [5, 5.41) is 4.18. The minimum absolute atomic E-state index is 0.482. The van der Waals surface area contributed by atoms with E-state index in [9.17, 15) is 0 Å². The van der Waals surface area contributed by atoms with Gasteiger partial charge in [0.1, 0.15) is 3.70 Å². The molecule has 15 heavy (non-hydrogen) atoms. The van der Waals surface area contributed by atoms with Gasteiger partial charge >= 0.3 is 0 Å². The Morgan fingerprint density at radius 3 is 2.73 bits per heavy atom. The molecule has 0 N–H and O–H groups in total. The van der Waals surface area contributed by atoms with Gasteiger partial charge in [-0.15, -0.1) is 0 Å². The number of alkyl halides is 1. The van der Waals surface area contributed by atoms with Crippen molar-refractivity contribution in [2.45, 2.75) is 31.4 Å². The summed E-state index contributed by atoms with van der Waals surface area (Å²) in [5.41, 5.74) is -0.482. The zero-order valence-corrected chi connectivity index (χ0v) is 13.1. The van der Waals surface area contributed by atoms with E-state index in [0.717, 1.165) is 9.74 Å². The molecule has 0 amide bonds. The topological polar surface area (TPSA) is 27.1 Å². The molecule has 0 bridgehead atoms. The maximum Gasteiger partial charge on any atom is 0.227 e. The van der Waals surface area contributed by atoms with Crippen molar-refractivity contribution >= 4 is 42.3 Å². The molecule has 0 saturated heterocycles. The van der Waals surface area contributed by atoms with E-state index in [4.69, 9.17) is 16.3 Å². The number of nitrogens with zero attached hydrogens (tertiary/aromatic N) is 2. The Morgan fingerprint density at radius 2 is 2.27 bits per heavy atom. The normalized spacial score (nSPS) is 14.2. The molecule has 0 aliphatic heterocycles. The third-order valence-electron chi connectivity index (χ3n) is 1.89. The molecule has 0 saturated carbocycles. The zero-order valence-electron chi connectivity index (χ0n) is 9.20. The van der Waals surface area contributed by atoms with Gasteiger partial charge in [-0.05, 0) is 34.7 Å². The highest BCUT2D eigenvalue weighted by molar-refractivity contribution is 14.1. The Labute approximate surface area is 110 Å². The van der Waals surface area contributed by atoms with Gasteiger partial charge in [-0.25, -0.2) is 4.68 Å². The van der Waals surface area contributed by atoms with E-state index in [1.807, 2.05) is 12.3 Å². The van der Waals surface area contributed by atoms with Gasteiger partial charge in [0.15, 0.2) is 0 Å². The molecule has 0 aromatic carbocycles. The fourth-order valence-corrected chi connectivity index (χ4v) is 2.30. The van der Waals surface area contributed by atoms with Crippen LogP contribution in [0, 0.1) is 3.70 Å². The number of ether oxygens (including phenoxy) is 1. The van der Waals surface area contributed by atoms with E-state index >= 15 is 0 Å². The van der Waals surface area contributed by atoms with Gasteiger partial charge in [-0.1, -0.05) is 31.2 Å². The Morgan fingerprint density at radius 1 is 1.60 bits per heavy atom. The highest BCUT2D eigenvalue weighted by atomic mass is 127. The van der Waals surface area contributed by atoms with Crippen LogP contribution in [0.1, 0.15) is 5.69 Å². The average Bonchev–Trinajstić information content (AvgIpc) is 2.49. The van der Waals surface area contributed by atoms with Crippen LogP contribution in [0.4, 0.5) is 0 Å². The lowest BCUT2D eigenvalue weighted by atomic mass is 10.7. The summed E-state index contributed by atoms with van der Waals surface area (Å²) in [4.78, 5) is 0. The van der Waals surface area contributed by atoms with Crippen LogP contribution in [-0.4, -0.2) is 24.5 Å². The fourth-order valence-electron chi connectivity index (χ4n) is 0.967. The highest BCUT2D eigenvalue weighted by Crippen LogP contribution is 2.16. The third kappa shape index (κ3) is 5.33. The molecule has 1 aromatic rings. The largest absolute Gasteiger partial charge is 0.344 e. The van der Waals surface area contributed by atoms with Crippen LogP contribution in [0.15, 0.2) is 12.3 Å². The van der Waals surface area contributed by atoms with Crippen molar-refractivity contribution in [3.05, 3.63) is 16.0 Å². The predicted molar refractivity (Wildman–Crippen MR) is 73.9 cm³/mol. The lowest BCUT2D eigenvalue weighted by molar-refractivity contribution is 0.0634. The Bertz CT molecular complexity index is 313. The minimum Gasteiger partial charge on any atom is -0.344 e. The molecule has 86 valence electrons. The number of hydrogen-bond donors (Lipinski definition) is 0. The van der Waals surface area contributed by atoms with Crippen LogP contribution >= 0.6 is 34.2 Å². The second kappa shape index (κ2) is 5.65. The number of aromatic nitrogens is 2. The van der Waals surface area contributed by atoms with E-state index in [1.54, 1.807) is 4.68 Å². The maximum atomic E-state index is 6.04. The van der Waals surface area contributed by atoms with Gasteiger partial charge in [-0.3, -0.25) is 0 Å². The van der Waals surface area contributed by atoms with Crippen LogP contribution in [-0.2, 0) is 4.74 Å². The number of rotatable bonds is 5. The first-order chi connectivity index (χ1) is 6.88. The lowest BCUT2D eigenvalue weighted by Gasteiger charge is -2.17. The number of hydrogen-bond acceptors (Lipinski definition) is 2. The molecule has 0 fully saturated rings. The molecular weight excluding hydrogens is 343 g/mol. The smallest absolute Gasteiger partial charge is 0.227 e. The van der Waals surface area contributed by atoms with Crippen molar-refractivity contribution in [3.63, 3.8) is 0 Å². The Kier molecular flexibility index (Phi) is 5.08. The first-order valence-electron chi connectivity index (χ1n) is 4.85. The maximum absolute atomic E-state index is 6.04. The van der Waals surface area contributed by atoms with Gasteiger partial charge in [0.2, 0.25) is 5.69 Å². The van der Waals surface area contributed by atoms with Crippen LogP contribution in [0.3, 0.4) is 0 Å². The molecular formula is C9H16ClIN2OSi. The van der Waals surface area contributed by atoms with Crippen LogP contribution in [0.5, 0.6) is 0 Å². The molecule has 1 aromatic heterocycles. The van der Waals surface area contributed by atoms with Crippen LogP contribution in [0.2, 0.25) is 25.7 Å². The van der Waals surface area contributed by atoms with Gasteiger partial charge in [0.25, 0.3) is 0 Å². The third-order valence-corrected chi connectivity index (χ3v) is 4.50. The Balaban J connectivity index is 2.34. The number of halogens is 2. The standard InChI is InChI=1S/C9H16ClIN2OSi/c1-15(2,3)7-6-14-9(10)13-5-4-8(11)12-13/h4-5,9H,6-7H2,1-3H3. The summed E-state index contributed by atoms with van der Waals surface area (Å²) < 4.78 is 8.07. The molecule has 1 heterocycles. The van der Waals surface area contributed by atoms with E-state index < -0.39 is 13.8 Å². The quantitative estimate of drug-likeness (QED) is 0.457. The molecule has 0 spiro atoms. The van der Waals surface area contributed by atoms with Crippen molar-refractivity contribution in [1.82, 2.24) is 9.78 Å². The van der Waals surface area contributed by atoms with Crippen molar-refractivity contribution in [2.24, 2.45) is 0 Å². The minimum atomic E-state index is -1.03. The van der Waals surface area contributed by atoms with Crippen molar-refractivity contribution in [1.29, 1.82) is 0 Å². The zero-order chi connectivity index (χ0) is 11.5. The van der Waals surface area contributed by atoms with Gasteiger partial charge < -0.3 is 4.74 Å². The van der Waals surface area contributed by atoms with E-state index in [0.29, 0.717) is 6.61 Å². The summed E-state index contributed by atoms with van der Waals surface area (Å²) in [5.74, 6) is 0.